The fourth-order valence-corrected chi connectivity index (χ4v) is 1.16. The Morgan fingerprint density at radius 1 is 1.77 bits per heavy atom. The second kappa shape index (κ2) is 4.97. The van der Waals surface area contributed by atoms with E-state index in [1.807, 2.05) is 19.1 Å². The van der Waals surface area contributed by atoms with Crippen LogP contribution in [-0.4, -0.2) is 16.2 Å². The lowest BCUT2D eigenvalue weighted by Gasteiger charge is -2.12. The van der Waals surface area contributed by atoms with Crippen LogP contribution in [0.4, 0.5) is 0 Å². The summed E-state index contributed by atoms with van der Waals surface area (Å²) in [6.45, 7) is 1.93. The zero-order valence-corrected chi connectivity index (χ0v) is 8.91. The first-order valence-electron chi connectivity index (χ1n) is 3.99. The molecule has 0 saturated heterocycles. The van der Waals surface area contributed by atoms with Gasteiger partial charge >= 0.3 is 0 Å². The maximum absolute atomic E-state index is 11.0. The third kappa shape index (κ3) is 3.14. The van der Waals surface area contributed by atoms with E-state index >= 15 is 0 Å². The molecule has 0 fully saturated rings. The number of rotatable bonds is 3. The van der Waals surface area contributed by atoms with E-state index in [9.17, 15) is 4.79 Å². The highest BCUT2D eigenvalue weighted by Gasteiger charge is 2.07. The third-order valence-corrected chi connectivity index (χ3v) is 2.19. The van der Waals surface area contributed by atoms with Gasteiger partial charge in [0.25, 0.3) is 0 Å². The van der Waals surface area contributed by atoms with Crippen LogP contribution in [0.25, 0.3) is 0 Å². The molecule has 13 heavy (non-hydrogen) atoms. The third-order valence-electron chi connectivity index (χ3n) is 1.68. The molecular formula is C9H11BrN2O. The quantitative estimate of drug-likeness (QED) is 0.820. The fraction of sp³-hybridized carbons (Fsp3) is 0.333. The molecule has 0 radical (unpaired) electrons. The number of carbonyl (C=O) groups excluding carboxylic acids is 1. The van der Waals surface area contributed by atoms with Gasteiger partial charge in [0, 0.05) is 12.4 Å². The van der Waals surface area contributed by atoms with E-state index in [0.717, 1.165) is 5.56 Å². The molecule has 1 N–H and O–H groups in total. The number of amides is 1. The van der Waals surface area contributed by atoms with Crippen LogP contribution in [0.1, 0.15) is 18.5 Å². The van der Waals surface area contributed by atoms with Crippen LogP contribution in [0.5, 0.6) is 0 Å². The summed E-state index contributed by atoms with van der Waals surface area (Å²) in [7, 11) is 0. The van der Waals surface area contributed by atoms with Crippen molar-refractivity contribution in [2.75, 3.05) is 5.33 Å². The summed E-state index contributed by atoms with van der Waals surface area (Å²) in [6, 6.07) is 3.80. The SMILES string of the molecule is C[C@H](NC(=O)CBr)c1cccnc1. The predicted octanol–water partition coefficient (Wildman–Crippen LogP) is 1.65. The summed E-state index contributed by atoms with van der Waals surface area (Å²) < 4.78 is 0. The number of halogens is 1. The lowest BCUT2D eigenvalue weighted by Crippen LogP contribution is -2.27. The molecule has 0 aliphatic carbocycles. The van der Waals surface area contributed by atoms with E-state index in [1.165, 1.54) is 0 Å². The van der Waals surface area contributed by atoms with Crippen molar-refractivity contribution in [2.45, 2.75) is 13.0 Å². The van der Waals surface area contributed by atoms with E-state index < -0.39 is 0 Å². The van der Waals surface area contributed by atoms with Gasteiger partial charge in [-0.15, -0.1) is 0 Å². The van der Waals surface area contributed by atoms with Crippen molar-refractivity contribution in [2.24, 2.45) is 0 Å². The van der Waals surface area contributed by atoms with Crippen molar-refractivity contribution in [3.05, 3.63) is 30.1 Å². The normalized spacial score (nSPS) is 12.2. The number of nitrogens with zero attached hydrogens (tertiary/aromatic N) is 1. The molecule has 0 aliphatic rings. The number of hydrogen-bond donors (Lipinski definition) is 1. The average Bonchev–Trinajstić information content (AvgIpc) is 2.19. The van der Waals surface area contributed by atoms with Crippen LogP contribution in [0, 0.1) is 0 Å². The molecule has 1 aromatic heterocycles. The molecule has 1 heterocycles. The zero-order valence-electron chi connectivity index (χ0n) is 7.33. The second-order valence-electron chi connectivity index (χ2n) is 2.71. The summed E-state index contributed by atoms with van der Waals surface area (Å²) in [4.78, 5) is 15.0. The highest BCUT2D eigenvalue weighted by Crippen LogP contribution is 2.09. The largest absolute Gasteiger partial charge is 0.349 e. The Bertz CT molecular complexity index is 276. The molecule has 0 aliphatic heterocycles. The van der Waals surface area contributed by atoms with Gasteiger partial charge in [-0.25, -0.2) is 0 Å². The van der Waals surface area contributed by atoms with Crippen molar-refractivity contribution in [3.8, 4) is 0 Å². The number of aromatic nitrogens is 1. The summed E-state index contributed by atoms with van der Waals surface area (Å²) in [5.41, 5.74) is 1.01. The van der Waals surface area contributed by atoms with Crippen LogP contribution < -0.4 is 5.32 Å². The van der Waals surface area contributed by atoms with Gasteiger partial charge in [-0.1, -0.05) is 22.0 Å². The topological polar surface area (TPSA) is 42.0 Å². The monoisotopic (exact) mass is 242 g/mol. The van der Waals surface area contributed by atoms with Crippen molar-refractivity contribution in [1.82, 2.24) is 10.3 Å². The first-order valence-corrected chi connectivity index (χ1v) is 5.11. The van der Waals surface area contributed by atoms with Gasteiger partial charge in [0.05, 0.1) is 11.4 Å². The molecular weight excluding hydrogens is 232 g/mol. The van der Waals surface area contributed by atoms with Crippen LogP contribution in [-0.2, 0) is 4.79 Å². The number of nitrogens with one attached hydrogen (secondary N) is 1. The minimum absolute atomic E-state index is 0.0127. The summed E-state index contributed by atoms with van der Waals surface area (Å²) in [5.74, 6) is -0.0173. The first kappa shape index (κ1) is 10.2. The summed E-state index contributed by atoms with van der Waals surface area (Å²) in [6.07, 6.45) is 3.46. The summed E-state index contributed by atoms with van der Waals surface area (Å²) in [5, 5.41) is 3.15. The van der Waals surface area contributed by atoms with Crippen molar-refractivity contribution in [3.63, 3.8) is 0 Å². The molecule has 1 amide bonds. The number of alkyl halides is 1. The molecule has 0 unspecified atom stereocenters. The van der Waals surface area contributed by atoms with Crippen LogP contribution >= 0.6 is 15.9 Å². The minimum Gasteiger partial charge on any atom is -0.349 e. The van der Waals surface area contributed by atoms with E-state index in [-0.39, 0.29) is 11.9 Å². The van der Waals surface area contributed by atoms with Gasteiger partial charge in [-0.05, 0) is 18.6 Å². The lowest BCUT2D eigenvalue weighted by molar-refractivity contribution is -0.119. The number of hydrogen-bond acceptors (Lipinski definition) is 2. The Balaban J connectivity index is 2.59. The molecule has 1 aromatic rings. The molecule has 3 nitrogen and oxygen atoms in total. The maximum Gasteiger partial charge on any atom is 0.231 e. The molecule has 70 valence electrons. The Hall–Kier alpha value is -0.900. The van der Waals surface area contributed by atoms with Crippen LogP contribution in [0.15, 0.2) is 24.5 Å². The Morgan fingerprint density at radius 3 is 3.08 bits per heavy atom. The summed E-state index contributed by atoms with van der Waals surface area (Å²) >= 11 is 3.09. The lowest BCUT2D eigenvalue weighted by atomic mass is 10.1. The van der Waals surface area contributed by atoms with Gasteiger partial charge in [0.1, 0.15) is 0 Å². The van der Waals surface area contributed by atoms with Crippen molar-refractivity contribution in [1.29, 1.82) is 0 Å². The highest BCUT2D eigenvalue weighted by atomic mass is 79.9. The smallest absolute Gasteiger partial charge is 0.231 e. The molecule has 0 saturated carbocycles. The maximum atomic E-state index is 11.0. The number of pyridine rings is 1. The fourth-order valence-electron chi connectivity index (χ4n) is 0.995. The zero-order chi connectivity index (χ0) is 9.68. The van der Waals surface area contributed by atoms with Gasteiger partial charge in [-0.2, -0.15) is 0 Å². The van der Waals surface area contributed by atoms with Gasteiger partial charge in [-0.3, -0.25) is 9.78 Å². The van der Waals surface area contributed by atoms with Crippen LogP contribution in [0.2, 0.25) is 0 Å². The number of carbonyl (C=O) groups is 1. The standard InChI is InChI=1S/C9H11BrN2O/c1-7(12-9(13)5-10)8-3-2-4-11-6-8/h2-4,6-7H,5H2,1H3,(H,12,13)/t7-/m0/s1. The Labute approximate surface area is 85.7 Å². The average molecular weight is 243 g/mol. The Morgan fingerprint density at radius 2 is 2.54 bits per heavy atom. The van der Waals surface area contributed by atoms with Crippen LogP contribution in [0.3, 0.4) is 0 Å². The van der Waals surface area contributed by atoms with Crippen molar-refractivity contribution < 1.29 is 4.79 Å². The Kier molecular flexibility index (Phi) is 3.89. The van der Waals surface area contributed by atoms with Gasteiger partial charge in [0.15, 0.2) is 0 Å². The minimum atomic E-state index is -0.0173. The van der Waals surface area contributed by atoms with Gasteiger partial charge < -0.3 is 5.32 Å². The van der Waals surface area contributed by atoms with E-state index in [0.29, 0.717) is 5.33 Å². The second-order valence-corrected chi connectivity index (χ2v) is 3.27. The molecule has 1 rings (SSSR count). The van der Waals surface area contributed by atoms with E-state index in [1.54, 1.807) is 12.4 Å². The molecule has 0 spiro atoms. The first-order chi connectivity index (χ1) is 6.24. The van der Waals surface area contributed by atoms with E-state index in [4.69, 9.17) is 0 Å². The molecule has 4 heteroatoms. The molecule has 1 atom stereocenters. The van der Waals surface area contributed by atoms with E-state index in [2.05, 4.69) is 26.2 Å². The van der Waals surface area contributed by atoms with Gasteiger partial charge in [0.2, 0.25) is 5.91 Å². The predicted molar refractivity (Wildman–Crippen MR) is 54.6 cm³/mol. The highest BCUT2D eigenvalue weighted by molar-refractivity contribution is 9.09. The molecule has 0 bridgehead atoms. The molecule has 0 aromatic carbocycles. The van der Waals surface area contributed by atoms with Crippen molar-refractivity contribution >= 4 is 21.8 Å².